The van der Waals surface area contributed by atoms with Gasteiger partial charge in [-0.25, -0.2) is 4.79 Å². The standard InChI is InChI=1S/C14H15NO4.Ac/c1-3-19-14(18)11-6-15-12-9(7-16)4-8(2)5-10(12)13(11)17;/h4-6,16H,3,7H2,1-2H3,(H,15,17);. The van der Waals surface area contributed by atoms with Crippen molar-refractivity contribution in [3.63, 3.8) is 0 Å². The molecule has 0 unspecified atom stereocenters. The van der Waals surface area contributed by atoms with Crippen LogP contribution in [-0.4, -0.2) is 22.7 Å². The molecule has 103 valence electrons. The molecule has 1 aromatic carbocycles. The largest absolute Gasteiger partial charge is 0.462 e. The smallest absolute Gasteiger partial charge is 0.343 e. The van der Waals surface area contributed by atoms with Crippen LogP contribution in [-0.2, 0) is 11.3 Å². The molecular formula is C14H15AcNO4. The van der Waals surface area contributed by atoms with Crippen molar-refractivity contribution in [2.75, 3.05) is 6.61 Å². The van der Waals surface area contributed by atoms with Crippen LogP contribution in [0.1, 0.15) is 28.4 Å². The molecule has 20 heavy (non-hydrogen) atoms. The van der Waals surface area contributed by atoms with E-state index in [9.17, 15) is 14.7 Å². The van der Waals surface area contributed by atoms with Crippen molar-refractivity contribution in [3.8, 4) is 0 Å². The van der Waals surface area contributed by atoms with Crippen LogP contribution in [0.4, 0.5) is 0 Å². The summed E-state index contributed by atoms with van der Waals surface area (Å²) >= 11 is 0. The zero-order chi connectivity index (χ0) is 14.0. The Kier molecular flexibility index (Phi) is 6.38. The molecule has 0 spiro atoms. The third-order valence-corrected chi connectivity index (χ3v) is 2.88. The van der Waals surface area contributed by atoms with E-state index >= 15 is 0 Å². The fourth-order valence-electron chi connectivity index (χ4n) is 2.05. The number of H-pyrrole nitrogens is 1. The van der Waals surface area contributed by atoms with E-state index in [0.717, 1.165) is 5.56 Å². The molecule has 1 aromatic heterocycles. The minimum Gasteiger partial charge on any atom is -0.462 e. The van der Waals surface area contributed by atoms with Gasteiger partial charge in [-0.15, -0.1) is 0 Å². The molecule has 0 atom stereocenters. The predicted octanol–water partition coefficient (Wildman–Crippen LogP) is 1.51. The van der Waals surface area contributed by atoms with Crippen molar-refractivity contribution >= 4 is 16.9 Å². The summed E-state index contributed by atoms with van der Waals surface area (Å²) in [6.45, 7) is 3.55. The van der Waals surface area contributed by atoms with Crippen LogP contribution in [0.5, 0.6) is 0 Å². The molecule has 0 fully saturated rings. The fourth-order valence-corrected chi connectivity index (χ4v) is 2.05. The van der Waals surface area contributed by atoms with Crippen LogP contribution in [0, 0.1) is 51.0 Å². The van der Waals surface area contributed by atoms with Crippen LogP contribution < -0.4 is 5.43 Å². The molecule has 1 radical (unpaired) electrons. The maximum absolute atomic E-state index is 12.3. The van der Waals surface area contributed by atoms with Crippen molar-refractivity contribution in [2.24, 2.45) is 0 Å². The number of carbonyl (C=O) groups is 1. The van der Waals surface area contributed by atoms with E-state index in [1.54, 1.807) is 19.1 Å². The molecule has 2 N–H and O–H groups in total. The Hall–Kier alpha value is -0.698. The fraction of sp³-hybridized carbons (Fsp3) is 0.286. The van der Waals surface area contributed by atoms with E-state index in [2.05, 4.69) is 4.98 Å². The Labute approximate surface area is 151 Å². The van der Waals surface area contributed by atoms with Crippen LogP contribution in [0.2, 0.25) is 0 Å². The van der Waals surface area contributed by atoms with Crippen molar-refractivity contribution in [1.82, 2.24) is 4.98 Å². The molecule has 1 heterocycles. The van der Waals surface area contributed by atoms with Gasteiger partial charge in [0.2, 0.25) is 5.43 Å². The molecule has 5 nitrogen and oxygen atoms in total. The summed E-state index contributed by atoms with van der Waals surface area (Å²) in [6, 6.07) is 3.48. The molecule has 0 amide bonds. The minimum absolute atomic E-state index is 0. The molecule has 0 saturated carbocycles. The molecule has 0 aliphatic heterocycles. The Morgan fingerprint density at radius 1 is 1.40 bits per heavy atom. The quantitative estimate of drug-likeness (QED) is 0.643. The Balaban J connectivity index is 0.00000200. The van der Waals surface area contributed by atoms with Crippen LogP contribution in [0.15, 0.2) is 23.1 Å². The number of aryl methyl sites for hydroxylation is 1. The van der Waals surface area contributed by atoms with E-state index in [0.29, 0.717) is 16.5 Å². The molecule has 2 rings (SSSR count). The van der Waals surface area contributed by atoms with Gasteiger partial charge < -0.3 is 14.8 Å². The normalized spacial score (nSPS) is 10.2. The summed E-state index contributed by atoms with van der Waals surface area (Å²) in [6.07, 6.45) is 1.33. The molecule has 0 aliphatic carbocycles. The second kappa shape index (κ2) is 7.35. The monoisotopic (exact) mass is 488 g/mol. The van der Waals surface area contributed by atoms with E-state index < -0.39 is 5.97 Å². The number of aliphatic hydroxyl groups excluding tert-OH is 1. The summed E-state index contributed by atoms with van der Waals surface area (Å²) < 4.78 is 4.84. The van der Waals surface area contributed by atoms with Gasteiger partial charge in [0.25, 0.3) is 0 Å². The average Bonchev–Trinajstić information content (AvgIpc) is 2.39. The van der Waals surface area contributed by atoms with E-state index in [-0.39, 0.29) is 68.3 Å². The second-order valence-electron chi connectivity index (χ2n) is 4.26. The molecule has 0 bridgehead atoms. The molecule has 0 saturated heterocycles. The number of benzene rings is 1. The van der Waals surface area contributed by atoms with Gasteiger partial charge in [0.1, 0.15) is 5.56 Å². The molecule has 0 aliphatic rings. The van der Waals surface area contributed by atoms with Crippen LogP contribution >= 0.6 is 0 Å². The van der Waals surface area contributed by atoms with Crippen molar-refractivity contribution in [3.05, 3.63) is 45.2 Å². The van der Waals surface area contributed by atoms with E-state index in [4.69, 9.17) is 4.74 Å². The number of aromatic amines is 1. The first-order valence-electron chi connectivity index (χ1n) is 6.01. The topological polar surface area (TPSA) is 79.4 Å². The zero-order valence-corrected chi connectivity index (χ0v) is 16.1. The third kappa shape index (κ3) is 3.30. The van der Waals surface area contributed by atoms with Gasteiger partial charge >= 0.3 is 5.97 Å². The van der Waals surface area contributed by atoms with E-state index in [1.807, 2.05) is 6.92 Å². The van der Waals surface area contributed by atoms with Gasteiger partial charge in [0.15, 0.2) is 0 Å². The molecular weight excluding hydrogens is 473 g/mol. The van der Waals surface area contributed by atoms with Gasteiger partial charge in [-0.3, -0.25) is 4.79 Å². The van der Waals surface area contributed by atoms with Gasteiger partial charge in [0.05, 0.1) is 18.7 Å². The van der Waals surface area contributed by atoms with Crippen molar-refractivity contribution in [2.45, 2.75) is 20.5 Å². The first kappa shape index (κ1) is 17.4. The first-order valence-corrected chi connectivity index (χ1v) is 6.01. The third-order valence-electron chi connectivity index (χ3n) is 2.88. The Morgan fingerprint density at radius 3 is 2.70 bits per heavy atom. The number of ether oxygens (including phenoxy) is 1. The first-order chi connectivity index (χ1) is 9.08. The van der Waals surface area contributed by atoms with Gasteiger partial charge in [-0.2, -0.15) is 0 Å². The number of nitrogens with one attached hydrogen (secondary N) is 1. The Bertz CT molecular complexity index is 693. The summed E-state index contributed by atoms with van der Waals surface area (Å²) in [7, 11) is 0. The number of rotatable bonds is 3. The van der Waals surface area contributed by atoms with Crippen LogP contribution in [0.3, 0.4) is 0 Å². The number of carbonyl (C=O) groups excluding carboxylic acids is 1. The summed E-state index contributed by atoms with van der Waals surface area (Å²) in [5.41, 5.74) is 1.62. The van der Waals surface area contributed by atoms with Gasteiger partial charge in [0, 0.05) is 61.2 Å². The Morgan fingerprint density at radius 2 is 2.10 bits per heavy atom. The summed E-state index contributed by atoms with van der Waals surface area (Å²) in [4.78, 5) is 26.8. The molecule has 6 heteroatoms. The van der Waals surface area contributed by atoms with Crippen molar-refractivity contribution in [1.29, 1.82) is 0 Å². The number of esters is 1. The SMILES string of the molecule is CCOC(=O)c1c[nH]c2c(CO)cc(C)cc2c1=O.[Ac]. The summed E-state index contributed by atoms with van der Waals surface area (Å²) in [5, 5.41) is 9.68. The number of hydrogen-bond donors (Lipinski definition) is 2. The van der Waals surface area contributed by atoms with Gasteiger partial charge in [-0.05, 0) is 25.5 Å². The number of fused-ring (bicyclic) bond motifs is 1. The minimum atomic E-state index is -0.641. The van der Waals surface area contributed by atoms with E-state index in [1.165, 1.54) is 6.20 Å². The number of hydrogen-bond acceptors (Lipinski definition) is 4. The predicted molar refractivity (Wildman–Crippen MR) is 71.2 cm³/mol. The number of pyridine rings is 1. The number of aromatic nitrogens is 1. The van der Waals surface area contributed by atoms with Gasteiger partial charge in [-0.1, -0.05) is 6.07 Å². The zero-order valence-electron chi connectivity index (χ0n) is 11.4. The maximum atomic E-state index is 12.3. The second-order valence-corrected chi connectivity index (χ2v) is 4.26. The average molecular weight is 488 g/mol. The number of aliphatic hydroxyl groups is 1. The van der Waals surface area contributed by atoms with Crippen LogP contribution in [0.25, 0.3) is 10.9 Å². The summed E-state index contributed by atoms with van der Waals surface area (Å²) in [5.74, 6) is -0.641. The molecule has 2 aromatic rings. The van der Waals surface area contributed by atoms with Crippen molar-refractivity contribution < 1.29 is 58.7 Å². The maximum Gasteiger partial charge on any atom is 0.343 e.